The van der Waals surface area contributed by atoms with E-state index in [4.69, 9.17) is 4.74 Å². The molecule has 142 valence electrons. The van der Waals surface area contributed by atoms with Gasteiger partial charge in [0.1, 0.15) is 11.4 Å². The highest BCUT2D eigenvalue weighted by Crippen LogP contribution is 2.27. The summed E-state index contributed by atoms with van der Waals surface area (Å²) < 4.78 is 6.63. The van der Waals surface area contributed by atoms with E-state index in [1.54, 1.807) is 4.90 Å². The molecule has 1 amide bonds. The lowest BCUT2D eigenvalue weighted by Crippen LogP contribution is -2.39. The topological polar surface area (TPSA) is 58.2 Å². The quantitative estimate of drug-likeness (QED) is 0.657. The van der Waals surface area contributed by atoms with Crippen molar-refractivity contribution in [2.24, 2.45) is 0 Å². The summed E-state index contributed by atoms with van der Waals surface area (Å²) in [7, 11) is 0. The molecule has 0 saturated carbocycles. The summed E-state index contributed by atoms with van der Waals surface area (Å²) in [5, 5.41) is 0. The van der Waals surface area contributed by atoms with Gasteiger partial charge in [0.15, 0.2) is 0 Å². The SMILES string of the molecule is CCCN(C(=O)OC(C)(C)C)[C@@H](C)c1ncc(-c2ccc(Br)c(C)c2)[nH]1. The van der Waals surface area contributed by atoms with E-state index < -0.39 is 5.60 Å². The predicted octanol–water partition coefficient (Wildman–Crippen LogP) is 5.86. The number of nitrogens with zero attached hydrogens (tertiary/aromatic N) is 2. The summed E-state index contributed by atoms with van der Waals surface area (Å²) in [6.07, 6.45) is 2.35. The number of amides is 1. The van der Waals surface area contributed by atoms with E-state index in [1.807, 2.05) is 52.9 Å². The molecule has 6 heteroatoms. The van der Waals surface area contributed by atoms with Crippen molar-refractivity contribution in [1.29, 1.82) is 0 Å². The van der Waals surface area contributed by atoms with Gasteiger partial charge in [0.2, 0.25) is 0 Å². The molecule has 0 aliphatic rings. The average Bonchev–Trinajstić information content (AvgIpc) is 3.03. The molecular weight excluding hydrogens is 394 g/mol. The van der Waals surface area contributed by atoms with Crippen molar-refractivity contribution in [3.05, 3.63) is 40.3 Å². The summed E-state index contributed by atoms with van der Waals surface area (Å²) >= 11 is 3.52. The first-order valence-electron chi connectivity index (χ1n) is 8.93. The van der Waals surface area contributed by atoms with E-state index in [9.17, 15) is 4.79 Å². The third-order valence-electron chi connectivity index (χ3n) is 4.02. The number of benzene rings is 1. The minimum atomic E-state index is -0.522. The molecule has 1 atom stereocenters. The fourth-order valence-corrected chi connectivity index (χ4v) is 2.91. The Balaban J connectivity index is 2.24. The minimum absolute atomic E-state index is 0.199. The molecule has 0 spiro atoms. The fourth-order valence-electron chi connectivity index (χ4n) is 2.66. The van der Waals surface area contributed by atoms with Gasteiger partial charge in [-0.2, -0.15) is 0 Å². The first kappa shape index (κ1) is 20.5. The molecule has 1 aromatic heterocycles. The van der Waals surface area contributed by atoms with Crippen molar-refractivity contribution < 1.29 is 9.53 Å². The van der Waals surface area contributed by atoms with Crippen LogP contribution in [0.1, 0.15) is 58.5 Å². The highest BCUT2D eigenvalue weighted by atomic mass is 79.9. The van der Waals surface area contributed by atoms with E-state index in [-0.39, 0.29) is 12.1 Å². The third-order valence-corrected chi connectivity index (χ3v) is 4.91. The maximum absolute atomic E-state index is 12.6. The number of aryl methyl sites for hydroxylation is 1. The number of rotatable bonds is 5. The van der Waals surface area contributed by atoms with E-state index in [1.165, 1.54) is 0 Å². The Morgan fingerprint density at radius 2 is 2.08 bits per heavy atom. The van der Waals surface area contributed by atoms with E-state index in [0.717, 1.165) is 33.5 Å². The zero-order valence-electron chi connectivity index (χ0n) is 16.4. The number of aromatic amines is 1. The van der Waals surface area contributed by atoms with Crippen LogP contribution in [-0.4, -0.2) is 33.1 Å². The summed E-state index contributed by atoms with van der Waals surface area (Å²) in [4.78, 5) is 22.2. The first-order valence-corrected chi connectivity index (χ1v) is 9.72. The Bertz CT molecular complexity index is 765. The summed E-state index contributed by atoms with van der Waals surface area (Å²) in [6, 6.07) is 5.97. The molecule has 5 nitrogen and oxygen atoms in total. The van der Waals surface area contributed by atoms with Crippen LogP contribution in [0, 0.1) is 6.92 Å². The third kappa shape index (κ3) is 5.10. The Labute approximate surface area is 164 Å². The van der Waals surface area contributed by atoms with E-state index in [2.05, 4.69) is 38.9 Å². The molecule has 0 saturated heterocycles. The number of imidazole rings is 1. The minimum Gasteiger partial charge on any atom is -0.444 e. The number of halogens is 1. The van der Waals surface area contributed by atoms with Crippen LogP contribution < -0.4 is 0 Å². The Morgan fingerprint density at radius 3 is 2.65 bits per heavy atom. The fraction of sp³-hybridized carbons (Fsp3) is 0.500. The van der Waals surface area contributed by atoms with E-state index >= 15 is 0 Å². The highest BCUT2D eigenvalue weighted by molar-refractivity contribution is 9.10. The number of aromatic nitrogens is 2. The van der Waals surface area contributed by atoms with Gasteiger partial charge in [-0.25, -0.2) is 9.78 Å². The maximum atomic E-state index is 12.6. The summed E-state index contributed by atoms with van der Waals surface area (Å²) in [6.45, 7) is 12.3. The lowest BCUT2D eigenvalue weighted by atomic mass is 10.1. The standard InChI is InChI=1S/C20H28BrN3O2/c1-7-10-24(19(25)26-20(4,5)6)14(3)18-22-12-17(23-18)15-8-9-16(21)13(2)11-15/h8-9,11-12,14H,7,10H2,1-6H3,(H,22,23)/t14-/m0/s1. The second-order valence-electron chi connectivity index (χ2n) is 7.50. The molecule has 0 aliphatic heterocycles. The zero-order chi connectivity index (χ0) is 19.5. The van der Waals surface area contributed by atoms with Crippen molar-refractivity contribution >= 4 is 22.0 Å². The maximum Gasteiger partial charge on any atom is 0.410 e. The van der Waals surface area contributed by atoms with Gasteiger partial charge < -0.3 is 9.72 Å². The molecule has 0 fully saturated rings. The number of ether oxygens (including phenoxy) is 1. The second kappa shape index (κ2) is 8.25. The Morgan fingerprint density at radius 1 is 1.38 bits per heavy atom. The second-order valence-corrected chi connectivity index (χ2v) is 8.35. The average molecular weight is 422 g/mol. The van der Waals surface area contributed by atoms with Crippen LogP contribution in [0.2, 0.25) is 0 Å². The molecule has 0 bridgehead atoms. The Hall–Kier alpha value is -1.82. The normalized spacial score (nSPS) is 12.7. The van der Waals surface area contributed by atoms with Crippen LogP contribution in [0.3, 0.4) is 0 Å². The number of carbonyl (C=O) groups excluding carboxylic acids is 1. The number of hydrogen-bond acceptors (Lipinski definition) is 3. The molecule has 2 aromatic rings. The van der Waals surface area contributed by atoms with Gasteiger partial charge in [0, 0.05) is 11.0 Å². The molecule has 1 heterocycles. The van der Waals surface area contributed by atoms with Gasteiger partial charge in [0.05, 0.1) is 17.9 Å². The van der Waals surface area contributed by atoms with Gasteiger partial charge >= 0.3 is 6.09 Å². The van der Waals surface area contributed by atoms with Crippen LogP contribution in [-0.2, 0) is 4.74 Å². The zero-order valence-corrected chi connectivity index (χ0v) is 18.0. The van der Waals surface area contributed by atoms with Crippen molar-refractivity contribution in [2.45, 2.75) is 59.6 Å². The number of carbonyl (C=O) groups is 1. The molecular formula is C20H28BrN3O2. The van der Waals surface area contributed by atoms with Gasteiger partial charge in [-0.05, 0) is 64.3 Å². The summed E-state index contributed by atoms with van der Waals surface area (Å²) in [5.74, 6) is 0.750. The van der Waals surface area contributed by atoms with Crippen LogP contribution in [0.4, 0.5) is 4.79 Å². The van der Waals surface area contributed by atoms with Crippen molar-refractivity contribution in [1.82, 2.24) is 14.9 Å². The molecule has 26 heavy (non-hydrogen) atoms. The van der Waals surface area contributed by atoms with Gasteiger partial charge in [-0.3, -0.25) is 4.90 Å². The van der Waals surface area contributed by atoms with Crippen LogP contribution in [0.5, 0.6) is 0 Å². The summed E-state index contributed by atoms with van der Waals surface area (Å²) in [5.41, 5.74) is 2.64. The molecule has 1 aromatic carbocycles. The Kier molecular flexibility index (Phi) is 6.50. The van der Waals surface area contributed by atoms with Gasteiger partial charge in [-0.15, -0.1) is 0 Å². The molecule has 2 rings (SSSR count). The number of H-pyrrole nitrogens is 1. The van der Waals surface area contributed by atoms with Gasteiger partial charge in [0.25, 0.3) is 0 Å². The lowest BCUT2D eigenvalue weighted by molar-refractivity contribution is 0.0166. The molecule has 1 N–H and O–H groups in total. The van der Waals surface area contributed by atoms with Crippen molar-refractivity contribution in [3.63, 3.8) is 0 Å². The largest absolute Gasteiger partial charge is 0.444 e. The lowest BCUT2D eigenvalue weighted by Gasteiger charge is -2.30. The van der Waals surface area contributed by atoms with Gasteiger partial charge in [-0.1, -0.05) is 28.9 Å². The smallest absolute Gasteiger partial charge is 0.410 e. The van der Waals surface area contributed by atoms with Crippen LogP contribution in [0.25, 0.3) is 11.3 Å². The number of hydrogen-bond donors (Lipinski definition) is 1. The molecule has 0 radical (unpaired) electrons. The molecule has 0 aliphatic carbocycles. The molecule has 0 unspecified atom stereocenters. The van der Waals surface area contributed by atoms with Crippen LogP contribution in [0.15, 0.2) is 28.9 Å². The van der Waals surface area contributed by atoms with Crippen molar-refractivity contribution in [2.75, 3.05) is 6.54 Å². The first-order chi connectivity index (χ1) is 12.1. The monoisotopic (exact) mass is 421 g/mol. The predicted molar refractivity (Wildman–Crippen MR) is 108 cm³/mol. The number of nitrogens with one attached hydrogen (secondary N) is 1. The van der Waals surface area contributed by atoms with Crippen molar-refractivity contribution in [3.8, 4) is 11.3 Å². The highest BCUT2D eigenvalue weighted by Gasteiger charge is 2.27. The van der Waals surface area contributed by atoms with E-state index in [0.29, 0.717) is 6.54 Å². The van der Waals surface area contributed by atoms with Crippen LogP contribution >= 0.6 is 15.9 Å².